The maximum Gasteiger partial charge on any atom is 0.104 e. The van der Waals surface area contributed by atoms with Crippen LogP contribution in [0, 0.1) is 0 Å². The van der Waals surface area contributed by atoms with Crippen molar-refractivity contribution >= 4 is 46.4 Å². The molecule has 0 saturated carbocycles. The van der Waals surface area contributed by atoms with Crippen molar-refractivity contribution in [3.8, 4) is 0 Å². The van der Waals surface area contributed by atoms with Gasteiger partial charge >= 0.3 is 0 Å². The van der Waals surface area contributed by atoms with Crippen LogP contribution >= 0.6 is 46.4 Å². The molecule has 1 atom stereocenters. The van der Waals surface area contributed by atoms with Crippen molar-refractivity contribution < 1.29 is 0 Å². The van der Waals surface area contributed by atoms with Gasteiger partial charge in [0, 0.05) is 5.88 Å². The van der Waals surface area contributed by atoms with Gasteiger partial charge in [0.1, 0.15) is 4.49 Å². The lowest BCUT2D eigenvalue weighted by molar-refractivity contribution is 0.892. The molecule has 9 heavy (non-hydrogen) atoms. The van der Waals surface area contributed by atoms with E-state index in [1.54, 1.807) is 6.92 Å². The molecule has 0 aliphatic carbocycles. The van der Waals surface area contributed by atoms with Gasteiger partial charge < -0.3 is 0 Å². The van der Waals surface area contributed by atoms with E-state index < -0.39 is 4.87 Å². The summed E-state index contributed by atoms with van der Waals surface area (Å²) in [4.78, 5) is -0.625. The predicted octanol–water partition coefficient (Wildman–Crippen LogP) is 3.54. The average Bonchev–Trinajstić information content (AvgIpc) is 1.63. The van der Waals surface area contributed by atoms with Crippen LogP contribution in [-0.4, -0.2) is 10.8 Å². The highest BCUT2D eigenvalue weighted by atomic mass is 35.5. The zero-order chi connectivity index (χ0) is 7.49. The Kier molecular flexibility index (Phi) is 4.31. The molecule has 0 rings (SSSR count). The second kappa shape index (κ2) is 3.92. The highest BCUT2D eigenvalue weighted by Gasteiger charge is 2.15. The third-order valence-corrected chi connectivity index (χ3v) is 1.82. The van der Waals surface area contributed by atoms with Crippen molar-refractivity contribution in [1.29, 1.82) is 0 Å². The van der Waals surface area contributed by atoms with Gasteiger partial charge in [0.2, 0.25) is 0 Å². The summed E-state index contributed by atoms with van der Waals surface area (Å²) in [6.07, 6.45) is 1.49. The average molecular weight is 208 g/mol. The van der Waals surface area contributed by atoms with Gasteiger partial charge in [-0.05, 0) is 13.0 Å². The van der Waals surface area contributed by atoms with Gasteiger partial charge in [-0.2, -0.15) is 0 Å². The molecule has 0 spiro atoms. The largest absolute Gasteiger partial charge is 0.124 e. The maximum absolute atomic E-state index is 5.74. The number of halogens is 4. The van der Waals surface area contributed by atoms with Crippen LogP contribution in [-0.2, 0) is 0 Å². The maximum atomic E-state index is 5.74. The molecule has 54 valence electrons. The first-order chi connectivity index (χ1) is 3.98. The van der Waals surface area contributed by atoms with Gasteiger partial charge in [0.05, 0.1) is 4.87 Å². The summed E-state index contributed by atoms with van der Waals surface area (Å²) in [5.74, 6) is 0.289. The summed E-state index contributed by atoms with van der Waals surface area (Å²) in [6, 6.07) is 0. The van der Waals surface area contributed by atoms with E-state index in [9.17, 15) is 0 Å². The van der Waals surface area contributed by atoms with Gasteiger partial charge in [-0.1, -0.05) is 23.2 Å². The second-order valence-corrected chi connectivity index (χ2v) is 3.98. The van der Waals surface area contributed by atoms with Crippen LogP contribution in [0.3, 0.4) is 0 Å². The molecule has 0 aromatic rings. The predicted molar refractivity (Wildman–Crippen MR) is 44.8 cm³/mol. The summed E-state index contributed by atoms with van der Waals surface area (Å²) >= 11 is 21.8. The van der Waals surface area contributed by atoms with Crippen LogP contribution in [0.5, 0.6) is 0 Å². The monoisotopic (exact) mass is 206 g/mol. The summed E-state index contributed by atoms with van der Waals surface area (Å²) in [7, 11) is 0. The number of hydrogen-bond donors (Lipinski definition) is 0. The minimum atomic E-state index is -0.625. The molecular weight excluding hydrogens is 202 g/mol. The lowest BCUT2D eigenvalue weighted by atomic mass is 10.2. The normalized spacial score (nSPS) is 16.6. The van der Waals surface area contributed by atoms with E-state index in [2.05, 4.69) is 0 Å². The van der Waals surface area contributed by atoms with Gasteiger partial charge in [-0.15, -0.1) is 23.2 Å². The van der Waals surface area contributed by atoms with Crippen LogP contribution < -0.4 is 0 Å². The Bertz CT molecular complexity index is 112. The van der Waals surface area contributed by atoms with Gasteiger partial charge in [0.25, 0.3) is 0 Å². The Hall–Kier alpha value is 0.900. The summed E-state index contributed by atoms with van der Waals surface area (Å²) in [5.41, 5.74) is 0. The van der Waals surface area contributed by atoms with Crippen LogP contribution in [0.1, 0.15) is 6.92 Å². The van der Waals surface area contributed by atoms with Crippen LogP contribution in [0.4, 0.5) is 0 Å². The fourth-order valence-corrected chi connectivity index (χ4v) is 1.05. The third kappa shape index (κ3) is 5.35. The number of alkyl halides is 2. The van der Waals surface area contributed by atoms with Crippen LogP contribution in [0.25, 0.3) is 0 Å². The highest BCUT2D eigenvalue weighted by molar-refractivity contribution is 6.56. The van der Waals surface area contributed by atoms with Crippen molar-refractivity contribution in [2.75, 3.05) is 5.88 Å². The lowest BCUT2D eigenvalue weighted by Crippen LogP contribution is -2.14. The Morgan fingerprint density at radius 3 is 2.11 bits per heavy atom. The van der Waals surface area contributed by atoms with Crippen molar-refractivity contribution in [3.63, 3.8) is 0 Å². The van der Waals surface area contributed by atoms with E-state index in [1.807, 2.05) is 0 Å². The molecule has 1 unspecified atom stereocenters. The molecule has 0 bridgehead atoms. The standard InChI is InChI=1S/C5H6Cl4/c1-5(9,3-6)2-4(7)8/h2H,3H2,1H3. The topological polar surface area (TPSA) is 0 Å². The summed E-state index contributed by atoms with van der Waals surface area (Å²) in [6.45, 7) is 1.73. The molecule has 0 heterocycles. The van der Waals surface area contributed by atoms with Gasteiger partial charge in [-0.25, -0.2) is 0 Å². The van der Waals surface area contributed by atoms with Crippen molar-refractivity contribution in [1.82, 2.24) is 0 Å². The van der Waals surface area contributed by atoms with E-state index in [1.165, 1.54) is 6.08 Å². The van der Waals surface area contributed by atoms with Crippen LogP contribution in [0.15, 0.2) is 10.6 Å². The van der Waals surface area contributed by atoms with E-state index in [0.29, 0.717) is 0 Å². The molecule has 0 aromatic carbocycles. The molecule has 0 saturated heterocycles. The van der Waals surface area contributed by atoms with E-state index >= 15 is 0 Å². The zero-order valence-corrected chi connectivity index (χ0v) is 7.82. The summed E-state index contributed by atoms with van der Waals surface area (Å²) < 4.78 is 0.146. The Morgan fingerprint density at radius 1 is 1.56 bits per heavy atom. The van der Waals surface area contributed by atoms with Gasteiger partial charge in [-0.3, -0.25) is 0 Å². The first-order valence-corrected chi connectivity index (χ1v) is 3.93. The third-order valence-electron chi connectivity index (χ3n) is 0.671. The quantitative estimate of drug-likeness (QED) is 0.608. The fraction of sp³-hybridized carbons (Fsp3) is 0.600. The summed E-state index contributed by atoms with van der Waals surface area (Å²) in [5, 5.41) is 0. The number of rotatable bonds is 2. The Labute approximate surface area is 74.7 Å². The first kappa shape index (κ1) is 9.90. The molecule has 0 amide bonds. The van der Waals surface area contributed by atoms with E-state index in [0.717, 1.165) is 0 Å². The SMILES string of the molecule is CC(Cl)(C=C(Cl)Cl)CCl. The van der Waals surface area contributed by atoms with Gasteiger partial charge in [0.15, 0.2) is 0 Å². The molecule has 4 heteroatoms. The highest BCUT2D eigenvalue weighted by Crippen LogP contribution is 2.22. The zero-order valence-electron chi connectivity index (χ0n) is 4.80. The Morgan fingerprint density at radius 2 is 2.00 bits per heavy atom. The number of allylic oxidation sites excluding steroid dienone is 1. The molecule has 0 radical (unpaired) electrons. The van der Waals surface area contributed by atoms with E-state index in [-0.39, 0.29) is 10.4 Å². The first-order valence-electron chi connectivity index (χ1n) is 2.27. The molecule has 0 aliphatic rings. The molecule has 0 nitrogen and oxygen atoms in total. The molecule has 0 aliphatic heterocycles. The molecule has 0 fully saturated rings. The minimum Gasteiger partial charge on any atom is -0.124 e. The van der Waals surface area contributed by atoms with Crippen molar-refractivity contribution in [3.05, 3.63) is 10.6 Å². The number of hydrogen-bond acceptors (Lipinski definition) is 0. The Balaban J connectivity index is 4.01. The van der Waals surface area contributed by atoms with Crippen LogP contribution in [0.2, 0.25) is 0 Å². The lowest BCUT2D eigenvalue weighted by Gasteiger charge is -2.11. The molecule has 0 N–H and O–H groups in total. The van der Waals surface area contributed by atoms with E-state index in [4.69, 9.17) is 46.4 Å². The second-order valence-electron chi connectivity index (χ2n) is 1.85. The molecular formula is C5H6Cl4. The van der Waals surface area contributed by atoms with Crippen molar-refractivity contribution in [2.24, 2.45) is 0 Å². The smallest absolute Gasteiger partial charge is 0.104 e. The molecule has 0 aromatic heterocycles. The fourth-order valence-electron chi connectivity index (χ4n) is 0.266. The van der Waals surface area contributed by atoms with Crippen molar-refractivity contribution in [2.45, 2.75) is 11.8 Å². The minimum absolute atomic E-state index is 0.146.